The Morgan fingerprint density at radius 1 is 1.60 bits per heavy atom. The highest BCUT2D eigenvalue weighted by Crippen LogP contribution is 2.20. The molecule has 0 aromatic carbocycles. The molecule has 2 nitrogen and oxygen atoms in total. The molecule has 0 radical (unpaired) electrons. The molecule has 0 amide bonds. The monoisotopic (exact) mass is 224 g/mol. The Balaban J connectivity index is 1.86. The third-order valence-electron chi connectivity index (χ3n) is 3.32. The van der Waals surface area contributed by atoms with E-state index in [1.54, 1.807) is 0 Å². The van der Waals surface area contributed by atoms with Crippen LogP contribution in [0.2, 0.25) is 0 Å². The summed E-state index contributed by atoms with van der Waals surface area (Å²) in [5, 5.41) is 5.57. The molecule has 15 heavy (non-hydrogen) atoms. The van der Waals surface area contributed by atoms with E-state index in [1.165, 1.54) is 24.4 Å². The van der Waals surface area contributed by atoms with Crippen LogP contribution in [-0.4, -0.2) is 31.1 Å². The molecule has 1 N–H and O–H groups in total. The van der Waals surface area contributed by atoms with Crippen molar-refractivity contribution in [2.75, 3.05) is 20.1 Å². The van der Waals surface area contributed by atoms with Gasteiger partial charge in [0.15, 0.2) is 0 Å². The van der Waals surface area contributed by atoms with Crippen molar-refractivity contribution in [3.63, 3.8) is 0 Å². The highest BCUT2D eigenvalue weighted by atomic mass is 32.1. The van der Waals surface area contributed by atoms with Gasteiger partial charge in [0.1, 0.15) is 0 Å². The van der Waals surface area contributed by atoms with E-state index in [4.69, 9.17) is 0 Å². The molecule has 2 unspecified atom stereocenters. The lowest BCUT2D eigenvalue weighted by molar-refractivity contribution is 0.146. The molecule has 2 rings (SSSR count). The maximum absolute atomic E-state index is 3.41. The van der Waals surface area contributed by atoms with Crippen molar-refractivity contribution in [2.24, 2.45) is 5.92 Å². The number of thiophene rings is 1. The normalized spacial score (nSPS) is 28.1. The zero-order valence-electron chi connectivity index (χ0n) is 9.57. The van der Waals surface area contributed by atoms with Crippen molar-refractivity contribution in [1.82, 2.24) is 10.2 Å². The number of rotatable bonds is 3. The minimum absolute atomic E-state index is 0.713. The largest absolute Gasteiger partial charge is 0.317 e. The van der Waals surface area contributed by atoms with Gasteiger partial charge in [-0.2, -0.15) is 0 Å². The minimum atomic E-state index is 0.713. The Morgan fingerprint density at radius 2 is 2.47 bits per heavy atom. The summed E-state index contributed by atoms with van der Waals surface area (Å²) < 4.78 is 0. The van der Waals surface area contributed by atoms with Gasteiger partial charge in [-0.1, -0.05) is 13.0 Å². The van der Waals surface area contributed by atoms with Crippen LogP contribution in [0.1, 0.15) is 18.2 Å². The van der Waals surface area contributed by atoms with Gasteiger partial charge in [-0.25, -0.2) is 0 Å². The summed E-state index contributed by atoms with van der Waals surface area (Å²) in [6.07, 6.45) is 1.28. The first-order valence-electron chi connectivity index (χ1n) is 5.71. The third kappa shape index (κ3) is 2.80. The number of nitrogens with zero attached hydrogens (tertiary/aromatic N) is 1. The second kappa shape index (κ2) is 5.10. The molecular formula is C12H20N2S. The van der Waals surface area contributed by atoms with Crippen LogP contribution >= 0.6 is 11.3 Å². The number of likely N-dealkylation sites (tertiary alicyclic amines) is 1. The number of hydrogen-bond acceptors (Lipinski definition) is 3. The molecule has 1 fully saturated rings. The summed E-state index contributed by atoms with van der Waals surface area (Å²) in [5.74, 6) is 0.767. The lowest BCUT2D eigenvalue weighted by Crippen LogP contribution is -2.46. The van der Waals surface area contributed by atoms with Gasteiger partial charge in [-0.05, 0) is 30.8 Å². The first kappa shape index (κ1) is 11.1. The summed E-state index contributed by atoms with van der Waals surface area (Å²) in [5.41, 5.74) is 0. The highest BCUT2D eigenvalue weighted by molar-refractivity contribution is 7.09. The van der Waals surface area contributed by atoms with Gasteiger partial charge >= 0.3 is 0 Å². The summed E-state index contributed by atoms with van der Waals surface area (Å²) in [6, 6.07) is 5.09. The van der Waals surface area contributed by atoms with Crippen molar-refractivity contribution < 1.29 is 0 Å². The van der Waals surface area contributed by atoms with Crippen LogP contribution in [0.4, 0.5) is 0 Å². The van der Waals surface area contributed by atoms with Crippen molar-refractivity contribution in [1.29, 1.82) is 0 Å². The quantitative estimate of drug-likeness (QED) is 0.846. The number of hydrogen-bond donors (Lipinski definition) is 1. The lowest BCUT2D eigenvalue weighted by Gasteiger charge is -2.36. The Bertz CT molecular complexity index is 284. The Morgan fingerprint density at radius 3 is 3.07 bits per heavy atom. The van der Waals surface area contributed by atoms with Gasteiger partial charge in [0.05, 0.1) is 0 Å². The van der Waals surface area contributed by atoms with Gasteiger partial charge in [0.2, 0.25) is 0 Å². The summed E-state index contributed by atoms with van der Waals surface area (Å²) in [6.45, 7) is 5.94. The average Bonchev–Trinajstić information content (AvgIpc) is 2.71. The van der Waals surface area contributed by atoms with E-state index in [-0.39, 0.29) is 0 Å². The SMILES string of the molecule is CNC1CCN(Cc2cccs2)CC1C. The van der Waals surface area contributed by atoms with E-state index < -0.39 is 0 Å². The van der Waals surface area contributed by atoms with Crippen LogP contribution in [0, 0.1) is 5.92 Å². The molecule has 1 aliphatic heterocycles. The third-order valence-corrected chi connectivity index (χ3v) is 4.18. The van der Waals surface area contributed by atoms with E-state index in [0.29, 0.717) is 6.04 Å². The fourth-order valence-corrected chi connectivity index (χ4v) is 3.17. The van der Waals surface area contributed by atoms with E-state index in [9.17, 15) is 0 Å². The van der Waals surface area contributed by atoms with E-state index in [1.807, 2.05) is 11.3 Å². The first-order valence-corrected chi connectivity index (χ1v) is 6.59. The average molecular weight is 224 g/mol. The van der Waals surface area contributed by atoms with Gasteiger partial charge in [-0.15, -0.1) is 11.3 Å². The second-order valence-corrected chi connectivity index (χ2v) is 5.51. The zero-order chi connectivity index (χ0) is 10.7. The fourth-order valence-electron chi connectivity index (χ4n) is 2.43. The maximum atomic E-state index is 3.41. The topological polar surface area (TPSA) is 15.3 Å². The fraction of sp³-hybridized carbons (Fsp3) is 0.667. The predicted octanol–water partition coefficient (Wildman–Crippen LogP) is 2.18. The van der Waals surface area contributed by atoms with Crippen molar-refractivity contribution in [3.8, 4) is 0 Å². The molecular weight excluding hydrogens is 204 g/mol. The van der Waals surface area contributed by atoms with Crippen molar-refractivity contribution in [2.45, 2.75) is 25.9 Å². The number of nitrogens with one attached hydrogen (secondary N) is 1. The lowest BCUT2D eigenvalue weighted by atomic mass is 9.94. The first-order chi connectivity index (χ1) is 7.29. The van der Waals surface area contributed by atoms with Gasteiger partial charge in [0.25, 0.3) is 0 Å². The molecule has 1 aromatic heterocycles. The summed E-state index contributed by atoms with van der Waals surface area (Å²) in [4.78, 5) is 4.06. The molecule has 1 aliphatic rings. The van der Waals surface area contributed by atoms with Crippen LogP contribution < -0.4 is 5.32 Å². The van der Waals surface area contributed by atoms with E-state index in [0.717, 1.165) is 12.5 Å². The molecule has 1 saturated heterocycles. The predicted molar refractivity (Wildman–Crippen MR) is 66.2 cm³/mol. The molecule has 84 valence electrons. The van der Waals surface area contributed by atoms with E-state index >= 15 is 0 Å². The van der Waals surface area contributed by atoms with Gasteiger partial charge < -0.3 is 5.32 Å². The molecule has 0 bridgehead atoms. The van der Waals surface area contributed by atoms with Crippen LogP contribution in [0.5, 0.6) is 0 Å². The molecule has 3 heteroatoms. The van der Waals surface area contributed by atoms with Crippen molar-refractivity contribution in [3.05, 3.63) is 22.4 Å². The molecule has 0 saturated carbocycles. The Hall–Kier alpha value is -0.380. The smallest absolute Gasteiger partial charge is 0.0328 e. The van der Waals surface area contributed by atoms with E-state index in [2.05, 4.69) is 41.7 Å². The second-order valence-electron chi connectivity index (χ2n) is 4.48. The van der Waals surface area contributed by atoms with Crippen LogP contribution in [0.3, 0.4) is 0 Å². The Kier molecular flexibility index (Phi) is 3.78. The number of piperidine rings is 1. The highest BCUT2D eigenvalue weighted by Gasteiger charge is 2.24. The molecule has 1 aromatic rings. The summed E-state index contributed by atoms with van der Waals surface area (Å²) >= 11 is 1.87. The Labute approximate surface area is 96.3 Å². The standard InChI is InChI=1S/C12H20N2S/c1-10-8-14(6-5-12(10)13-2)9-11-4-3-7-15-11/h3-4,7,10,12-13H,5-6,8-9H2,1-2H3. The zero-order valence-corrected chi connectivity index (χ0v) is 10.4. The minimum Gasteiger partial charge on any atom is -0.317 e. The summed E-state index contributed by atoms with van der Waals surface area (Å²) in [7, 11) is 2.08. The molecule has 0 spiro atoms. The van der Waals surface area contributed by atoms with Gasteiger partial charge in [-0.3, -0.25) is 4.90 Å². The van der Waals surface area contributed by atoms with Crippen LogP contribution in [0.15, 0.2) is 17.5 Å². The van der Waals surface area contributed by atoms with Crippen LogP contribution in [-0.2, 0) is 6.54 Å². The van der Waals surface area contributed by atoms with Crippen molar-refractivity contribution >= 4 is 11.3 Å². The van der Waals surface area contributed by atoms with Crippen LogP contribution in [0.25, 0.3) is 0 Å². The molecule has 2 heterocycles. The molecule has 0 aliphatic carbocycles. The maximum Gasteiger partial charge on any atom is 0.0328 e. The van der Waals surface area contributed by atoms with Gasteiger partial charge in [0, 0.05) is 30.6 Å². The molecule has 2 atom stereocenters.